The van der Waals surface area contributed by atoms with Crippen molar-refractivity contribution in [3.63, 3.8) is 0 Å². The van der Waals surface area contributed by atoms with Gasteiger partial charge in [-0.3, -0.25) is 19.7 Å². The maximum absolute atomic E-state index is 10.8. The number of aromatic hydroxyl groups is 1. The topological polar surface area (TPSA) is 150 Å². The molecule has 0 heterocycles. The van der Waals surface area contributed by atoms with Gasteiger partial charge in [0.25, 0.3) is 0 Å². The lowest BCUT2D eigenvalue weighted by Crippen LogP contribution is -2.34. The summed E-state index contributed by atoms with van der Waals surface area (Å²) in [5.41, 5.74) is -1.27. The Morgan fingerprint density at radius 2 is 2.10 bits per heavy atom. The van der Waals surface area contributed by atoms with Gasteiger partial charge < -0.3 is 20.6 Å². The van der Waals surface area contributed by atoms with Gasteiger partial charge in [-0.15, -0.1) is 0 Å². The molecule has 21 heavy (non-hydrogen) atoms. The lowest BCUT2D eigenvalue weighted by atomic mass is 10.0. The first-order valence-corrected chi connectivity index (χ1v) is 5.85. The Morgan fingerprint density at radius 1 is 1.48 bits per heavy atom. The first kappa shape index (κ1) is 16.5. The average Bonchev–Trinajstić information content (AvgIpc) is 2.43. The number of nitrogens with zero attached hydrogens (tertiary/aromatic N) is 1. The summed E-state index contributed by atoms with van der Waals surface area (Å²) in [7, 11) is 0. The number of nitrogens with one attached hydrogen (secondary N) is 1. The van der Waals surface area contributed by atoms with Crippen molar-refractivity contribution in [2.24, 2.45) is 0 Å². The third-order valence-corrected chi connectivity index (χ3v) is 2.73. The predicted molar refractivity (Wildman–Crippen MR) is 69.8 cm³/mol. The van der Waals surface area contributed by atoms with Crippen molar-refractivity contribution in [3.05, 3.63) is 33.4 Å². The summed E-state index contributed by atoms with van der Waals surface area (Å²) < 4.78 is 0. The highest BCUT2D eigenvalue weighted by Gasteiger charge is 2.25. The molecule has 0 fully saturated rings. The van der Waals surface area contributed by atoms with Crippen LogP contribution in [0.4, 0.5) is 5.69 Å². The lowest BCUT2D eigenvalue weighted by molar-refractivity contribution is -0.386. The molecular formula is C12H14N2O7. The minimum absolute atomic E-state index is 0.126. The maximum Gasteiger partial charge on any atom is 0.311 e. The van der Waals surface area contributed by atoms with Crippen molar-refractivity contribution in [2.45, 2.75) is 19.1 Å². The fraction of sp³-hybridized carbons (Fsp3) is 0.333. The van der Waals surface area contributed by atoms with Gasteiger partial charge in [-0.1, -0.05) is 0 Å². The van der Waals surface area contributed by atoms with E-state index in [9.17, 15) is 35.0 Å². The Labute approximate surface area is 119 Å². The zero-order valence-corrected chi connectivity index (χ0v) is 11.0. The monoisotopic (exact) mass is 298 g/mol. The molecule has 0 spiro atoms. The van der Waals surface area contributed by atoms with Crippen LogP contribution in [0.2, 0.25) is 0 Å². The highest BCUT2D eigenvalue weighted by Crippen LogP contribution is 2.33. The molecule has 4 N–H and O–H groups in total. The highest BCUT2D eigenvalue weighted by atomic mass is 16.6. The third-order valence-electron chi connectivity index (χ3n) is 2.73. The summed E-state index contributed by atoms with van der Waals surface area (Å²) in [6.07, 6.45) is -2.81. The van der Waals surface area contributed by atoms with Crippen molar-refractivity contribution in [1.29, 1.82) is 0 Å². The molecule has 1 rings (SSSR count). The Balaban J connectivity index is 3.11. The summed E-state index contributed by atoms with van der Waals surface area (Å²) in [6.45, 7) is 0.941. The van der Waals surface area contributed by atoms with E-state index in [2.05, 4.69) is 5.32 Å². The number of aldehydes is 1. The third kappa shape index (κ3) is 3.97. The largest absolute Gasteiger partial charge is 0.502 e. The number of rotatable bonds is 6. The Kier molecular flexibility index (Phi) is 5.33. The Morgan fingerprint density at radius 3 is 2.57 bits per heavy atom. The number of carbonyl (C=O) groups excluding carboxylic acids is 2. The van der Waals surface area contributed by atoms with Gasteiger partial charge in [0.2, 0.25) is 11.7 Å². The van der Waals surface area contributed by atoms with Crippen LogP contribution in [0, 0.1) is 10.1 Å². The minimum atomic E-state index is -1.57. The average molecular weight is 298 g/mol. The number of benzene rings is 1. The molecule has 0 aromatic heterocycles. The number of aliphatic hydroxyl groups is 2. The number of amides is 1. The number of aliphatic hydroxyl groups excluding tert-OH is 2. The maximum atomic E-state index is 10.8. The van der Waals surface area contributed by atoms with E-state index < -0.39 is 34.5 Å². The van der Waals surface area contributed by atoms with Gasteiger partial charge in [-0.05, 0) is 11.6 Å². The molecule has 2 unspecified atom stereocenters. The Hall–Kier alpha value is -2.52. The van der Waals surface area contributed by atoms with Crippen LogP contribution < -0.4 is 5.32 Å². The van der Waals surface area contributed by atoms with Crippen LogP contribution in [0.5, 0.6) is 5.75 Å². The predicted octanol–water partition coefficient (Wildman–Crippen LogP) is -0.357. The molecule has 2 atom stereocenters. The standard InChI is InChI=1S/C12H14N2O7/c1-6(16)13-4-10(17)12(19)7-2-8(5-15)11(18)9(3-7)14(20)21/h2-3,5,10,12,17-19H,4H2,1H3,(H,13,16). The second-order valence-corrected chi connectivity index (χ2v) is 4.30. The summed E-state index contributed by atoms with van der Waals surface area (Å²) in [5.74, 6) is -1.24. The van der Waals surface area contributed by atoms with Crippen molar-refractivity contribution in [3.8, 4) is 5.75 Å². The fourth-order valence-electron chi connectivity index (χ4n) is 1.65. The number of phenolic OH excluding ortho intramolecular Hbond substituents is 1. The molecule has 9 nitrogen and oxygen atoms in total. The van der Waals surface area contributed by atoms with Crippen molar-refractivity contribution >= 4 is 17.9 Å². The van der Waals surface area contributed by atoms with E-state index in [0.29, 0.717) is 0 Å². The van der Waals surface area contributed by atoms with E-state index >= 15 is 0 Å². The van der Waals surface area contributed by atoms with Gasteiger partial charge in [0.15, 0.2) is 6.29 Å². The molecule has 1 amide bonds. The van der Waals surface area contributed by atoms with Crippen molar-refractivity contribution in [1.82, 2.24) is 5.32 Å². The van der Waals surface area contributed by atoms with E-state index in [0.717, 1.165) is 12.1 Å². The van der Waals surface area contributed by atoms with Gasteiger partial charge in [-0.25, -0.2) is 0 Å². The normalized spacial score (nSPS) is 13.3. The highest BCUT2D eigenvalue weighted by molar-refractivity contribution is 5.82. The van der Waals surface area contributed by atoms with E-state index in [4.69, 9.17) is 0 Å². The number of phenols is 1. The van der Waals surface area contributed by atoms with Crippen LogP contribution in [-0.4, -0.2) is 45.1 Å². The van der Waals surface area contributed by atoms with Crippen LogP contribution in [0.3, 0.4) is 0 Å². The zero-order valence-electron chi connectivity index (χ0n) is 11.0. The smallest absolute Gasteiger partial charge is 0.311 e. The molecule has 114 valence electrons. The van der Waals surface area contributed by atoms with Gasteiger partial charge in [0, 0.05) is 19.5 Å². The summed E-state index contributed by atoms with van der Waals surface area (Å²) in [6, 6.07) is 1.88. The van der Waals surface area contributed by atoms with Gasteiger partial charge >= 0.3 is 5.69 Å². The SMILES string of the molecule is CC(=O)NCC(O)C(O)c1cc(C=O)c(O)c([N+](=O)[O-])c1. The second kappa shape index (κ2) is 6.77. The molecule has 0 aliphatic heterocycles. The number of hydrogen-bond donors (Lipinski definition) is 4. The van der Waals surface area contributed by atoms with Gasteiger partial charge in [0.05, 0.1) is 10.5 Å². The lowest BCUT2D eigenvalue weighted by Gasteiger charge is -2.18. The molecule has 1 aromatic carbocycles. The number of nitro benzene ring substituents is 1. The van der Waals surface area contributed by atoms with Gasteiger partial charge in [-0.2, -0.15) is 0 Å². The Bertz CT molecular complexity index is 573. The van der Waals surface area contributed by atoms with Crippen LogP contribution in [0.15, 0.2) is 12.1 Å². The molecule has 0 bridgehead atoms. The number of hydrogen-bond acceptors (Lipinski definition) is 7. The summed E-state index contributed by atoms with van der Waals surface area (Å²) in [4.78, 5) is 31.4. The zero-order chi connectivity index (χ0) is 16.2. The molecule has 0 saturated heterocycles. The molecule has 0 saturated carbocycles. The fourth-order valence-corrected chi connectivity index (χ4v) is 1.65. The first-order valence-electron chi connectivity index (χ1n) is 5.85. The van der Waals surface area contributed by atoms with Crippen molar-refractivity contribution < 1.29 is 29.8 Å². The second-order valence-electron chi connectivity index (χ2n) is 4.30. The van der Waals surface area contributed by atoms with E-state index in [-0.39, 0.29) is 24.0 Å². The molecule has 9 heteroatoms. The van der Waals surface area contributed by atoms with E-state index in [1.807, 2.05) is 0 Å². The van der Waals surface area contributed by atoms with Crippen LogP contribution in [0.1, 0.15) is 28.9 Å². The van der Waals surface area contributed by atoms with Crippen LogP contribution >= 0.6 is 0 Å². The van der Waals surface area contributed by atoms with E-state index in [1.165, 1.54) is 6.92 Å². The molecule has 1 aromatic rings. The van der Waals surface area contributed by atoms with Crippen LogP contribution in [-0.2, 0) is 4.79 Å². The first-order chi connectivity index (χ1) is 9.77. The van der Waals surface area contributed by atoms with Gasteiger partial charge in [0.1, 0.15) is 12.2 Å². The van der Waals surface area contributed by atoms with Crippen LogP contribution in [0.25, 0.3) is 0 Å². The number of carbonyl (C=O) groups is 2. The summed E-state index contributed by atoms with van der Waals surface area (Å²) >= 11 is 0. The molecule has 0 aliphatic carbocycles. The molecular weight excluding hydrogens is 284 g/mol. The molecule has 0 aliphatic rings. The quantitative estimate of drug-likeness (QED) is 0.318. The molecule has 0 radical (unpaired) electrons. The number of nitro groups is 1. The van der Waals surface area contributed by atoms with E-state index in [1.54, 1.807) is 0 Å². The minimum Gasteiger partial charge on any atom is -0.502 e. The van der Waals surface area contributed by atoms with Crippen molar-refractivity contribution in [2.75, 3.05) is 6.54 Å². The summed E-state index contributed by atoms with van der Waals surface area (Å²) in [5, 5.41) is 42.2.